The second-order valence-corrected chi connectivity index (χ2v) is 7.61. The maximum Gasteiger partial charge on any atom is 0.422 e. The molecular weight excluding hydrogens is 413 g/mol. The molecule has 0 aliphatic carbocycles. The van der Waals surface area contributed by atoms with Gasteiger partial charge in [0.25, 0.3) is 0 Å². The molecule has 2 aromatic rings. The Balaban J connectivity index is 1.72. The Kier molecular flexibility index (Phi) is 6.47. The van der Waals surface area contributed by atoms with E-state index < -0.39 is 12.8 Å². The van der Waals surface area contributed by atoms with E-state index in [0.29, 0.717) is 23.7 Å². The molecule has 1 aliphatic heterocycles. The number of benzene rings is 1. The maximum absolute atomic E-state index is 12.4. The number of hydrogen-bond donors (Lipinski definition) is 3. The number of amides is 1. The van der Waals surface area contributed by atoms with Crippen LogP contribution in [0.1, 0.15) is 25.1 Å². The number of nitrogens with zero attached hydrogens (tertiary/aromatic N) is 1. The maximum atomic E-state index is 12.4. The minimum atomic E-state index is -4.43. The van der Waals surface area contributed by atoms with Gasteiger partial charge in [-0.2, -0.15) is 13.2 Å². The molecule has 0 saturated heterocycles. The van der Waals surface area contributed by atoms with Crippen LogP contribution in [0.3, 0.4) is 0 Å². The van der Waals surface area contributed by atoms with Crippen molar-refractivity contribution in [1.29, 1.82) is 0 Å². The Labute approximate surface area is 178 Å². The number of pyridine rings is 1. The van der Waals surface area contributed by atoms with Crippen molar-refractivity contribution in [1.82, 2.24) is 4.98 Å². The molecule has 0 bridgehead atoms. The van der Waals surface area contributed by atoms with Gasteiger partial charge in [0, 0.05) is 12.6 Å². The van der Waals surface area contributed by atoms with E-state index in [2.05, 4.69) is 20.9 Å². The van der Waals surface area contributed by atoms with E-state index in [1.807, 2.05) is 19.9 Å². The normalized spacial score (nSPS) is 15.7. The second-order valence-electron chi connectivity index (χ2n) is 7.61. The minimum absolute atomic E-state index is 0.0194. The van der Waals surface area contributed by atoms with E-state index in [0.717, 1.165) is 11.3 Å². The first-order valence-electron chi connectivity index (χ1n) is 9.76. The summed E-state index contributed by atoms with van der Waals surface area (Å²) in [6.07, 6.45) is -4.43. The zero-order valence-electron chi connectivity index (χ0n) is 17.7. The van der Waals surface area contributed by atoms with Crippen molar-refractivity contribution >= 4 is 23.1 Å². The first-order valence-corrected chi connectivity index (χ1v) is 9.76. The predicted molar refractivity (Wildman–Crippen MR) is 112 cm³/mol. The van der Waals surface area contributed by atoms with E-state index in [9.17, 15) is 18.0 Å². The van der Waals surface area contributed by atoms with Gasteiger partial charge in [-0.05, 0) is 30.5 Å². The van der Waals surface area contributed by atoms with Crippen molar-refractivity contribution < 1.29 is 27.4 Å². The lowest BCUT2D eigenvalue weighted by Crippen LogP contribution is -2.42. The highest BCUT2D eigenvalue weighted by Crippen LogP contribution is 2.34. The number of carbonyl (C=O) groups is 1. The molecule has 1 amide bonds. The average molecular weight is 438 g/mol. The van der Waals surface area contributed by atoms with E-state index in [1.54, 1.807) is 19.1 Å². The lowest BCUT2D eigenvalue weighted by Gasteiger charge is -2.30. The Hall–Kier alpha value is -3.17. The van der Waals surface area contributed by atoms with Crippen LogP contribution in [0.4, 0.5) is 30.4 Å². The summed E-state index contributed by atoms with van der Waals surface area (Å²) in [6.45, 7) is 4.70. The minimum Gasteiger partial charge on any atom is -0.493 e. The van der Waals surface area contributed by atoms with Crippen LogP contribution in [0.5, 0.6) is 11.5 Å². The summed E-state index contributed by atoms with van der Waals surface area (Å²) in [5.74, 6) is 0.851. The summed E-state index contributed by atoms with van der Waals surface area (Å²) in [6, 6.07) is 6.18. The number of anilines is 3. The number of rotatable bonds is 7. The van der Waals surface area contributed by atoms with Crippen LogP contribution >= 0.6 is 0 Å². The van der Waals surface area contributed by atoms with Crippen LogP contribution < -0.4 is 25.4 Å². The van der Waals surface area contributed by atoms with Gasteiger partial charge in [0.2, 0.25) is 5.91 Å². The zero-order valence-corrected chi connectivity index (χ0v) is 17.7. The smallest absolute Gasteiger partial charge is 0.422 e. The van der Waals surface area contributed by atoms with E-state index >= 15 is 0 Å². The Morgan fingerprint density at radius 1 is 1.23 bits per heavy atom. The van der Waals surface area contributed by atoms with Crippen molar-refractivity contribution in [3.8, 4) is 11.5 Å². The monoisotopic (exact) mass is 438 g/mol. The summed E-state index contributed by atoms with van der Waals surface area (Å²) >= 11 is 0. The predicted octanol–water partition coefficient (Wildman–Crippen LogP) is 4.34. The zero-order chi connectivity index (χ0) is 22.8. The summed E-state index contributed by atoms with van der Waals surface area (Å²) in [5, 5.41) is 9.35. The number of ether oxygens (including phenoxy) is 2. The molecule has 31 heavy (non-hydrogen) atoms. The van der Waals surface area contributed by atoms with Gasteiger partial charge in [-0.15, -0.1) is 0 Å². The highest BCUT2D eigenvalue weighted by molar-refractivity contribution is 6.04. The number of aromatic nitrogens is 1. The molecule has 0 unspecified atom stereocenters. The Morgan fingerprint density at radius 2 is 1.97 bits per heavy atom. The van der Waals surface area contributed by atoms with Crippen LogP contribution in [0.2, 0.25) is 0 Å². The fourth-order valence-corrected chi connectivity index (χ4v) is 3.23. The fourth-order valence-electron chi connectivity index (χ4n) is 3.23. The molecule has 1 aromatic carbocycles. The van der Waals surface area contributed by atoms with Gasteiger partial charge in [0.15, 0.2) is 18.1 Å². The fraction of sp³-hybridized carbons (Fsp3) is 0.429. The number of alkyl halides is 3. The number of halogens is 3. The molecule has 0 spiro atoms. The Bertz CT molecular complexity index is 964. The molecule has 1 aliphatic rings. The van der Waals surface area contributed by atoms with Crippen LogP contribution in [0.25, 0.3) is 0 Å². The highest BCUT2D eigenvalue weighted by atomic mass is 19.4. The average Bonchev–Trinajstić information content (AvgIpc) is 2.70. The number of methoxy groups -OCH3 is 1. The molecule has 0 fully saturated rings. The third-order valence-corrected chi connectivity index (χ3v) is 4.80. The molecule has 10 heteroatoms. The molecule has 7 nitrogen and oxygen atoms in total. The SMILES string of the molecule is COc1cc(CNc2cc3c(c(C)n2)NC(=O)[C@H](C(C)C)N3)ccc1OCC(F)(F)F. The van der Waals surface area contributed by atoms with Gasteiger partial charge in [-0.3, -0.25) is 4.79 Å². The van der Waals surface area contributed by atoms with Gasteiger partial charge < -0.3 is 25.4 Å². The lowest BCUT2D eigenvalue weighted by molar-refractivity contribution is -0.153. The molecular formula is C21H25F3N4O3. The quantitative estimate of drug-likeness (QED) is 0.597. The number of carbonyl (C=O) groups excluding carboxylic acids is 1. The van der Waals surface area contributed by atoms with Gasteiger partial charge in [0.05, 0.1) is 24.2 Å². The summed E-state index contributed by atoms with van der Waals surface area (Å²) in [7, 11) is 1.37. The molecule has 0 radical (unpaired) electrons. The molecule has 2 heterocycles. The molecule has 1 atom stereocenters. The Morgan fingerprint density at radius 3 is 2.61 bits per heavy atom. The highest BCUT2D eigenvalue weighted by Gasteiger charge is 2.30. The van der Waals surface area contributed by atoms with Crippen LogP contribution in [-0.4, -0.2) is 36.8 Å². The topological polar surface area (TPSA) is 84.5 Å². The van der Waals surface area contributed by atoms with Crippen molar-refractivity contribution in [2.75, 3.05) is 29.7 Å². The van der Waals surface area contributed by atoms with Gasteiger partial charge in [0.1, 0.15) is 11.9 Å². The van der Waals surface area contributed by atoms with Gasteiger partial charge in [-0.25, -0.2) is 4.98 Å². The number of nitrogens with one attached hydrogen (secondary N) is 3. The van der Waals surface area contributed by atoms with Gasteiger partial charge in [-0.1, -0.05) is 19.9 Å². The summed E-state index contributed by atoms with van der Waals surface area (Å²) < 4.78 is 47.1. The third kappa shape index (κ3) is 5.50. The number of fused-ring (bicyclic) bond motifs is 1. The van der Waals surface area contributed by atoms with Crippen LogP contribution in [-0.2, 0) is 11.3 Å². The largest absolute Gasteiger partial charge is 0.493 e. The molecule has 1 aromatic heterocycles. The van der Waals surface area contributed by atoms with E-state index in [1.165, 1.54) is 13.2 Å². The first-order chi connectivity index (χ1) is 14.6. The second kappa shape index (κ2) is 8.91. The molecule has 0 saturated carbocycles. The standard InChI is InChI=1S/C21H25F3N4O3/c1-11(2)18-20(29)28-19-12(3)26-17(8-14(19)27-18)25-9-13-5-6-15(16(7-13)30-4)31-10-21(22,23)24/h5-8,11,18,27H,9-10H2,1-4H3,(H,25,26)(H,28,29)/t18-/m0/s1. The van der Waals surface area contributed by atoms with Crippen molar-refractivity contribution in [2.24, 2.45) is 5.92 Å². The lowest BCUT2D eigenvalue weighted by atomic mass is 10.0. The summed E-state index contributed by atoms with van der Waals surface area (Å²) in [4.78, 5) is 16.7. The molecule has 3 rings (SSSR count). The van der Waals surface area contributed by atoms with E-state index in [4.69, 9.17) is 9.47 Å². The van der Waals surface area contributed by atoms with E-state index in [-0.39, 0.29) is 29.4 Å². The van der Waals surface area contributed by atoms with Crippen molar-refractivity contribution in [3.63, 3.8) is 0 Å². The van der Waals surface area contributed by atoms with Crippen LogP contribution in [0, 0.1) is 12.8 Å². The molecule has 3 N–H and O–H groups in total. The summed E-state index contributed by atoms with van der Waals surface area (Å²) in [5.41, 5.74) is 2.87. The third-order valence-electron chi connectivity index (χ3n) is 4.80. The van der Waals surface area contributed by atoms with Crippen molar-refractivity contribution in [3.05, 3.63) is 35.5 Å². The van der Waals surface area contributed by atoms with Gasteiger partial charge >= 0.3 is 6.18 Å². The van der Waals surface area contributed by atoms with Crippen LogP contribution in [0.15, 0.2) is 24.3 Å². The number of aryl methyl sites for hydroxylation is 1. The van der Waals surface area contributed by atoms with Crippen molar-refractivity contribution in [2.45, 2.75) is 39.5 Å². The first kappa shape index (κ1) is 22.5. The number of hydrogen-bond acceptors (Lipinski definition) is 6. The molecule has 168 valence electrons.